The molecule has 9 nitrogen and oxygen atoms in total. The molecular formula is C19H20N6O3. The molecule has 9 heteroatoms. The second-order valence-corrected chi connectivity index (χ2v) is 6.35. The number of hydrogen-bond donors (Lipinski definition) is 1. The van der Waals surface area contributed by atoms with Crippen LogP contribution in [0.25, 0.3) is 11.2 Å². The Morgan fingerprint density at radius 1 is 1.21 bits per heavy atom. The van der Waals surface area contributed by atoms with Gasteiger partial charge in [-0.1, -0.05) is 0 Å². The Balaban J connectivity index is 1.68. The number of nitrogen functional groups attached to an aromatic ring is 1. The topological polar surface area (TPSA) is 114 Å². The third-order valence-electron chi connectivity index (χ3n) is 4.45. The summed E-state index contributed by atoms with van der Waals surface area (Å²) >= 11 is 0. The molecule has 144 valence electrons. The Labute approximate surface area is 161 Å². The molecule has 28 heavy (non-hydrogen) atoms. The molecule has 0 aliphatic carbocycles. The maximum atomic E-state index is 5.89. The molecule has 4 aromatic rings. The molecule has 0 aliphatic rings. The van der Waals surface area contributed by atoms with E-state index < -0.39 is 0 Å². The van der Waals surface area contributed by atoms with Gasteiger partial charge in [0, 0.05) is 17.3 Å². The average molecular weight is 380 g/mol. The van der Waals surface area contributed by atoms with E-state index in [1.807, 2.05) is 24.5 Å². The number of aromatic nitrogens is 5. The van der Waals surface area contributed by atoms with Gasteiger partial charge in [0.25, 0.3) is 0 Å². The lowest BCUT2D eigenvalue weighted by molar-refractivity contribution is 0.263. The SMILES string of the molecule is COc1c(C)cnc(Cn2cnc3c(OCc4ccco4)nc(N)nc32)c1C. The van der Waals surface area contributed by atoms with Crippen LogP contribution in [0.2, 0.25) is 0 Å². The number of aryl methyl sites for hydroxylation is 1. The van der Waals surface area contributed by atoms with Gasteiger partial charge in [-0.3, -0.25) is 4.98 Å². The molecule has 0 radical (unpaired) electrons. The molecule has 4 rings (SSSR count). The van der Waals surface area contributed by atoms with E-state index in [4.69, 9.17) is 19.6 Å². The van der Waals surface area contributed by atoms with Crippen molar-refractivity contribution in [2.24, 2.45) is 0 Å². The number of ether oxygens (including phenoxy) is 2. The summed E-state index contributed by atoms with van der Waals surface area (Å²) in [7, 11) is 1.66. The highest BCUT2D eigenvalue weighted by Crippen LogP contribution is 2.27. The summed E-state index contributed by atoms with van der Waals surface area (Å²) in [5.74, 6) is 1.92. The van der Waals surface area contributed by atoms with E-state index in [1.54, 1.807) is 32.0 Å². The molecule has 0 saturated carbocycles. The quantitative estimate of drug-likeness (QED) is 0.543. The maximum absolute atomic E-state index is 5.89. The number of furan rings is 1. The lowest BCUT2D eigenvalue weighted by Crippen LogP contribution is -2.07. The zero-order chi connectivity index (χ0) is 19.7. The molecule has 0 spiro atoms. The Morgan fingerprint density at radius 2 is 2.07 bits per heavy atom. The van der Waals surface area contributed by atoms with Crippen LogP contribution in [0.15, 0.2) is 35.3 Å². The first-order chi connectivity index (χ1) is 13.6. The fourth-order valence-corrected chi connectivity index (χ4v) is 3.08. The van der Waals surface area contributed by atoms with Crippen molar-refractivity contribution in [2.45, 2.75) is 27.0 Å². The van der Waals surface area contributed by atoms with Crippen LogP contribution < -0.4 is 15.2 Å². The first-order valence-electron chi connectivity index (χ1n) is 8.69. The molecule has 4 aromatic heterocycles. The van der Waals surface area contributed by atoms with Crippen molar-refractivity contribution in [3.63, 3.8) is 0 Å². The van der Waals surface area contributed by atoms with Crippen LogP contribution in [-0.4, -0.2) is 31.6 Å². The minimum Gasteiger partial charge on any atom is -0.496 e. The minimum atomic E-state index is 0.106. The summed E-state index contributed by atoms with van der Waals surface area (Å²) < 4.78 is 18.4. The zero-order valence-corrected chi connectivity index (χ0v) is 15.8. The molecular weight excluding hydrogens is 360 g/mol. The van der Waals surface area contributed by atoms with Crippen LogP contribution in [0.1, 0.15) is 22.6 Å². The van der Waals surface area contributed by atoms with E-state index in [2.05, 4.69) is 19.9 Å². The highest BCUT2D eigenvalue weighted by molar-refractivity contribution is 5.77. The Kier molecular flexibility index (Phi) is 4.56. The van der Waals surface area contributed by atoms with Gasteiger partial charge in [0.05, 0.1) is 31.9 Å². The van der Waals surface area contributed by atoms with Gasteiger partial charge in [0.15, 0.2) is 11.2 Å². The third-order valence-corrected chi connectivity index (χ3v) is 4.45. The van der Waals surface area contributed by atoms with Gasteiger partial charge in [-0.2, -0.15) is 9.97 Å². The highest BCUT2D eigenvalue weighted by atomic mass is 16.5. The van der Waals surface area contributed by atoms with Crippen molar-refractivity contribution >= 4 is 17.1 Å². The second-order valence-electron chi connectivity index (χ2n) is 6.35. The largest absolute Gasteiger partial charge is 0.496 e. The fraction of sp³-hybridized carbons (Fsp3) is 0.263. The van der Waals surface area contributed by atoms with Crippen molar-refractivity contribution in [3.05, 3.63) is 53.5 Å². The standard InChI is InChI=1S/C19H20N6O3/c1-11-7-21-14(12(2)16(11)26-3)8-25-10-22-15-17(25)23-19(20)24-18(15)28-9-13-5-4-6-27-13/h4-7,10H,8-9H2,1-3H3,(H2,20,23,24). The summed E-state index contributed by atoms with van der Waals surface area (Å²) in [4.78, 5) is 17.5. The molecule has 0 fully saturated rings. The number of nitrogens with two attached hydrogens (primary N) is 1. The van der Waals surface area contributed by atoms with Crippen molar-refractivity contribution in [1.29, 1.82) is 0 Å². The van der Waals surface area contributed by atoms with Crippen molar-refractivity contribution in [1.82, 2.24) is 24.5 Å². The van der Waals surface area contributed by atoms with Crippen LogP contribution >= 0.6 is 0 Å². The lowest BCUT2D eigenvalue weighted by Gasteiger charge is -2.13. The highest BCUT2D eigenvalue weighted by Gasteiger charge is 2.16. The molecule has 4 heterocycles. The van der Waals surface area contributed by atoms with Crippen LogP contribution in [0.3, 0.4) is 0 Å². The smallest absolute Gasteiger partial charge is 0.247 e. The van der Waals surface area contributed by atoms with Gasteiger partial charge in [-0.15, -0.1) is 0 Å². The molecule has 2 N–H and O–H groups in total. The van der Waals surface area contributed by atoms with Gasteiger partial charge in [-0.05, 0) is 26.0 Å². The third kappa shape index (κ3) is 3.22. The van der Waals surface area contributed by atoms with Gasteiger partial charge in [-0.25, -0.2) is 4.98 Å². The number of fused-ring (bicyclic) bond motifs is 1. The summed E-state index contributed by atoms with van der Waals surface area (Å²) in [6.45, 7) is 4.63. The molecule has 0 atom stereocenters. The number of nitrogens with zero attached hydrogens (tertiary/aromatic N) is 5. The normalized spacial score (nSPS) is 11.1. The molecule has 0 amide bonds. The van der Waals surface area contributed by atoms with E-state index in [0.717, 1.165) is 22.6 Å². The summed E-state index contributed by atoms with van der Waals surface area (Å²) in [6.07, 6.45) is 5.05. The predicted octanol–water partition coefficient (Wildman–Crippen LogP) is 2.65. The maximum Gasteiger partial charge on any atom is 0.247 e. The lowest BCUT2D eigenvalue weighted by atomic mass is 10.1. The molecule has 0 aliphatic heterocycles. The number of rotatable bonds is 6. The minimum absolute atomic E-state index is 0.106. The molecule has 0 aromatic carbocycles. The van der Waals surface area contributed by atoms with Crippen LogP contribution in [-0.2, 0) is 13.2 Å². The van der Waals surface area contributed by atoms with E-state index in [-0.39, 0.29) is 12.6 Å². The van der Waals surface area contributed by atoms with Crippen LogP contribution in [0.5, 0.6) is 11.6 Å². The summed E-state index contributed by atoms with van der Waals surface area (Å²) in [5, 5.41) is 0. The second kappa shape index (κ2) is 7.18. The van der Waals surface area contributed by atoms with Gasteiger partial charge in [0.2, 0.25) is 11.8 Å². The van der Waals surface area contributed by atoms with E-state index in [0.29, 0.717) is 29.3 Å². The van der Waals surface area contributed by atoms with Crippen LogP contribution in [0.4, 0.5) is 5.95 Å². The van der Waals surface area contributed by atoms with Crippen LogP contribution in [0, 0.1) is 13.8 Å². The molecule has 0 bridgehead atoms. The Morgan fingerprint density at radius 3 is 2.82 bits per heavy atom. The average Bonchev–Trinajstić information content (AvgIpc) is 3.33. The van der Waals surface area contributed by atoms with E-state index in [9.17, 15) is 0 Å². The monoisotopic (exact) mass is 380 g/mol. The van der Waals surface area contributed by atoms with Gasteiger partial charge in [0.1, 0.15) is 18.1 Å². The number of hydrogen-bond acceptors (Lipinski definition) is 8. The number of pyridine rings is 1. The van der Waals surface area contributed by atoms with Gasteiger partial charge >= 0.3 is 0 Å². The first kappa shape index (κ1) is 17.8. The predicted molar refractivity (Wildman–Crippen MR) is 102 cm³/mol. The summed E-state index contributed by atoms with van der Waals surface area (Å²) in [6, 6.07) is 3.61. The van der Waals surface area contributed by atoms with Crippen molar-refractivity contribution < 1.29 is 13.9 Å². The molecule has 0 saturated heterocycles. The molecule has 0 unspecified atom stereocenters. The van der Waals surface area contributed by atoms with Crippen molar-refractivity contribution in [3.8, 4) is 11.6 Å². The van der Waals surface area contributed by atoms with E-state index in [1.165, 1.54) is 0 Å². The van der Waals surface area contributed by atoms with E-state index >= 15 is 0 Å². The number of methoxy groups -OCH3 is 1. The number of anilines is 1. The number of imidazole rings is 1. The summed E-state index contributed by atoms with van der Waals surface area (Å²) in [5.41, 5.74) is 9.80. The Bertz CT molecular complexity index is 1120. The Hall–Kier alpha value is -3.62. The fourth-order valence-electron chi connectivity index (χ4n) is 3.08. The van der Waals surface area contributed by atoms with Crippen molar-refractivity contribution in [2.75, 3.05) is 12.8 Å². The zero-order valence-electron chi connectivity index (χ0n) is 15.8. The van der Waals surface area contributed by atoms with Gasteiger partial charge < -0.3 is 24.2 Å². The first-order valence-corrected chi connectivity index (χ1v) is 8.69.